The molecule has 0 aliphatic rings. The van der Waals surface area contributed by atoms with E-state index in [4.69, 9.17) is 0 Å². The zero-order chi connectivity index (χ0) is 24.7. The molecule has 0 heterocycles. The molecule has 0 aliphatic heterocycles. The Kier molecular flexibility index (Phi) is 8.21. The van der Waals surface area contributed by atoms with Gasteiger partial charge in [0.25, 0.3) is 0 Å². The molecule has 178 valence electrons. The molecule has 2 amide bonds. The Bertz CT molecular complexity index is 1100. The molecule has 0 fully saturated rings. The number of amides is 2. The van der Waals surface area contributed by atoms with Crippen LogP contribution in [0.1, 0.15) is 43.0 Å². The number of hydrogen-bond acceptors (Lipinski definition) is 2. The van der Waals surface area contributed by atoms with Gasteiger partial charge in [-0.05, 0) is 56.5 Å². The molecule has 1 atom stereocenters. The molecule has 0 saturated carbocycles. The summed E-state index contributed by atoms with van der Waals surface area (Å²) in [5.74, 6) is -0.705. The van der Waals surface area contributed by atoms with Crippen LogP contribution in [0.4, 0.5) is 4.39 Å². The Morgan fingerprint density at radius 3 is 2.15 bits per heavy atom. The van der Waals surface area contributed by atoms with Crippen molar-refractivity contribution in [1.29, 1.82) is 0 Å². The fourth-order valence-corrected chi connectivity index (χ4v) is 3.89. The van der Waals surface area contributed by atoms with Gasteiger partial charge in [0.1, 0.15) is 11.9 Å². The van der Waals surface area contributed by atoms with Gasteiger partial charge in [-0.15, -0.1) is 0 Å². The SMILES string of the molecule is Cc1cccc(CC(=O)N(Cc2ccc(F)cc2)C(Cc2ccccc2)C(=O)NC(C)(C)C)c1. The van der Waals surface area contributed by atoms with E-state index >= 15 is 0 Å². The Labute approximate surface area is 201 Å². The fraction of sp³-hybridized carbons (Fsp3) is 0.310. The quantitative estimate of drug-likeness (QED) is 0.500. The second kappa shape index (κ2) is 11.1. The fourth-order valence-electron chi connectivity index (χ4n) is 3.89. The monoisotopic (exact) mass is 460 g/mol. The first-order valence-electron chi connectivity index (χ1n) is 11.6. The molecule has 0 bridgehead atoms. The van der Waals surface area contributed by atoms with E-state index in [-0.39, 0.29) is 30.6 Å². The maximum atomic E-state index is 13.7. The van der Waals surface area contributed by atoms with Crippen LogP contribution in [0.3, 0.4) is 0 Å². The zero-order valence-electron chi connectivity index (χ0n) is 20.3. The van der Waals surface area contributed by atoms with E-state index in [1.54, 1.807) is 17.0 Å². The Balaban J connectivity index is 1.98. The van der Waals surface area contributed by atoms with Crippen molar-refractivity contribution in [3.8, 4) is 0 Å². The molecular formula is C29H33FN2O2. The summed E-state index contributed by atoms with van der Waals surface area (Å²) in [6, 6.07) is 22.8. The van der Waals surface area contributed by atoms with Crippen molar-refractivity contribution in [1.82, 2.24) is 10.2 Å². The Morgan fingerprint density at radius 1 is 0.882 bits per heavy atom. The van der Waals surface area contributed by atoms with Gasteiger partial charge in [-0.1, -0.05) is 72.3 Å². The topological polar surface area (TPSA) is 49.4 Å². The predicted octanol–water partition coefficient (Wildman–Crippen LogP) is 5.23. The number of rotatable bonds is 8. The van der Waals surface area contributed by atoms with Crippen LogP contribution in [-0.2, 0) is 29.0 Å². The van der Waals surface area contributed by atoms with E-state index in [2.05, 4.69) is 5.32 Å². The highest BCUT2D eigenvalue weighted by Crippen LogP contribution is 2.18. The van der Waals surface area contributed by atoms with Gasteiger partial charge in [-0.25, -0.2) is 4.39 Å². The third-order valence-electron chi connectivity index (χ3n) is 5.47. The van der Waals surface area contributed by atoms with Crippen molar-refractivity contribution >= 4 is 11.8 Å². The van der Waals surface area contributed by atoms with Crippen molar-refractivity contribution in [3.05, 3.63) is 107 Å². The molecule has 0 spiro atoms. The van der Waals surface area contributed by atoms with Crippen LogP contribution in [0.2, 0.25) is 0 Å². The number of nitrogens with one attached hydrogen (secondary N) is 1. The average Bonchev–Trinajstić information content (AvgIpc) is 2.77. The number of halogens is 1. The third kappa shape index (κ3) is 7.55. The largest absolute Gasteiger partial charge is 0.350 e. The van der Waals surface area contributed by atoms with Crippen LogP contribution in [-0.4, -0.2) is 28.3 Å². The molecule has 34 heavy (non-hydrogen) atoms. The second-order valence-electron chi connectivity index (χ2n) is 9.76. The number of nitrogens with zero attached hydrogens (tertiary/aromatic N) is 1. The molecule has 0 saturated heterocycles. The van der Waals surface area contributed by atoms with Crippen molar-refractivity contribution in [2.45, 2.75) is 58.7 Å². The lowest BCUT2D eigenvalue weighted by Gasteiger charge is -2.34. The maximum absolute atomic E-state index is 13.7. The highest BCUT2D eigenvalue weighted by molar-refractivity contribution is 5.89. The van der Waals surface area contributed by atoms with Crippen LogP contribution in [0.25, 0.3) is 0 Å². The Morgan fingerprint density at radius 2 is 1.53 bits per heavy atom. The van der Waals surface area contributed by atoms with E-state index in [0.717, 1.165) is 22.3 Å². The minimum Gasteiger partial charge on any atom is -0.350 e. The summed E-state index contributed by atoms with van der Waals surface area (Å²) in [7, 11) is 0. The average molecular weight is 461 g/mol. The molecule has 3 aromatic carbocycles. The Hall–Kier alpha value is -3.47. The van der Waals surface area contributed by atoms with E-state index in [1.165, 1.54) is 12.1 Å². The predicted molar refractivity (Wildman–Crippen MR) is 134 cm³/mol. The van der Waals surface area contributed by atoms with Crippen molar-refractivity contribution in [2.24, 2.45) is 0 Å². The van der Waals surface area contributed by atoms with Gasteiger partial charge in [0.15, 0.2) is 0 Å². The molecule has 3 aromatic rings. The lowest BCUT2D eigenvalue weighted by Crippen LogP contribution is -2.54. The van der Waals surface area contributed by atoms with Crippen LogP contribution < -0.4 is 5.32 Å². The summed E-state index contributed by atoms with van der Waals surface area (Å²) in [6.07, 6.45) is 0.556. The zero-order valence-corrected chi connectivity index (χ0v) is 20.3. The summed E-state index contributed by atoms with van der Waals surface area (Å²) in [5.41, 5.74) is 3.24. The van der Waals surface area contributed by atoms with E-state index in [9.17, 15) is 14.0 Å². The van der Waals surface area contributed by atoms with E-state index in [1.807, 2.05) is 82.3 Å². The molecule has 3 rings (SSSR count). The van der Waals surface area contributed by atoms with Gasteiger partial charge >= 0.3 is 0 Å². The second-order valence-corrected chi connectivity index (χ2v) is 9.76. The first-order valence-corrected chi connectivity index (χ1v) is 11.6. The van der Waals surface area contributed by atoms with Crippen molar-refractivity contribution < 1.29 is 14.0 Å². The van der Waals surface area contributed by atoms with Crippen molar-refractivity contribution in [3.63, 3.8) is 0 Å². The lowest BCUT2D eigenvalue weighted by atomic mass is 9.99. The van der Waals surface area contributed by atoms with Crippen molar-refractivity contribution in [2.75, 3.05) is 0 Å². The molecule has 4 nitrogen and oxygen atoms in total. The lowest BCUT2D eigenvalue weighted by molar-refractivity contribution is -0.141. The minimum atomic E-state index is -0.719. The number of carbonyl (C=O) groups excluding carboxylic acids is 2. The number of hydrogen-bond donors (Lipinski definition) is 1. The molecule has 0 aromatic heterocycles. The molecule has 0 aliphatic carbocycles. The van der Waals surface area contributed by atoms with Crippen LogP contribution in [0.15, 0.2) is 78.9 Å². The van der Waals surface area contributed by atoms with Gasteiger partial charge in [0.05, 0.1) is 6.42 Å². The first kappa shape index (κ1) is 25.2. The number of benzene rings is 3. The van der Waals surface area contributed by atoms with Gasteiger partial charge in [0, 0.05) is 18.5 Å². The minimum absolute atomic E-state index is 0.153. The standard InChI is InChI=1S/C29H33FN2O2/c1-21-9-8-12-24(17-21)19-27(33)32(20-23-13-15-25(30)16-14-23)26(28(34)31-29(2,3)4)18-22-10-6-5-7-11-22/h5-17,26H,18-20H2,1-4H3,(H,31,34). The van der Waals surface area contributed by atoms with Crippen LogP contribution >= 0.6 is 0 Å². The smallest absolute Gasteiger partial charge is 0.243 e. The molecule has 5 heteroatoms. The summed E-state index contributed by atoms with van der Waals surface area (Å²) >= 11 is 0. The van der Waals surface area contributed by atoms with Gasteiger partial charge < -0.3 is 10.2 Å². The summed E-state index contributed by atoms with van der Waals surface area (Å²) in [6.45, 7) is 7.95. The van der Waals surface area contributed by atoms with Crippen LogP contribution in [0.5, 0.6) is 0 Å². The molecule has 0 radical (unpaired) electrons. The highest BCUT2D eigenvalue weighted by atomic mass is 19.1. The van der Waals surface area contributed by atoms with Gasteiger partial charge in [-0.3, -0.25) is 9.59 Å². The third-order valence-corrected chi connectivity index (χ3v) is 5.47. The summed E-state index contributed by atoms with van der Waals surface area (Å²) in [4.78, 5) is 28.8. The van der Waals surface area contributed by atoms with Gasteiger partial charge in [-0.2, -0.15) is 0 Å². The first-order chi connectivity index (χ1) is 16.1. The maximum Gasteiger partial charge on any atom is 0.243 e. The normalized spacial score (nSPS) is 12.1. The number of carbonyl (C=O) groups is 2. The molecular weight excluding hydrogens is 427 g/mol. The molecule has 1 N–H and O–H groups in total. The summed E-state index contributed by atoms with van der Waals surface area (Å²) in [5, 5.41) is 3.05. The highest BCUT2D eigenvalue weighted by Gasteiger charge is 2.32. The van der Waals surface area contributed by atoms with Crippen LogP contribution in [0, 0.1) is 12.7 Å². The van der Waals surface area contributed by atoms with Gasteiger partial charge in [0.2, 0.25) is 11.8 Å². The summed E-state index contributed by atoms with van der Waals surface area (Å²) < 4.78 is 13.5. The number of aryl methyl sites for hydroxylation is 1. The molecule has 1 unspecified atom stereocenters. The van der Waals surface area contributed by atoms with E-state index < -0.39 is 11.6 Å². The van der Waals surface area contributed by atoms with E-state index in [0.29, 0.717) is 6.42 Å².